The summed E-state index contributed by atoms with van der Waals surface area (Å²) in [7, 11) is 0. The minimum Gasteiger partial charge on any atom is -0.373 e. The van der Waals surface area contributed by atoms with E-state index in [-0.39, 0.29) is 24.0 Å². The van der Waals surface area contributed by atoms with Crippen molar-refractivity contribution in [2.24, 2.45) is 10.9 Å². The lowest BCUT2D eigenvalue weighted by molar-refractivity contribution is -0.122. The highest BCUT2D eigenvalue weighted by Crippen LogP contribution is 2.37. The van der Waals surface area contributed by atoms with Gasteiger partial charge in [-0.05, 0) is 62.3 Å². The van der Waals surface area contributed by atoms with E-state index in [0.717, 1.165) is 24.9 Å². The van der Waals surface area contributed by atoms with Gasteiger partial charge in [0.25, 0.3) is 0 Å². The summed E-state index contributed by atoms with van der Waals surface area (Å²) in [6, 6.07) is 6.65. The lowest BCUT2D eigenvalue weighted by Gasteiger charge is -2.28. The Bertz CT molecular complexity index is 636. The maximum atomic E-state index is 12.8. The van der Waals surface area contributed by atoms with Gasteiger partial charge in [0.05, 0.1) is 12.1 Å². The van der Waals surface area contributed by atoms with Gasteiger partial charge in [-0.3, -0.25) is 9.79 Å². The van der Waals surface area contributed by atoms with Gasteiger partial charge in [0.15, 0.2) is 0 Å². The number of hydrogen-bond donors (Lipinski definition) is 2. The Kier molecular flexibility index (Phi) is 3.83. The number of carbonyl (C=O) groups excluding carboxylic acids is 1. The standard InChI is InChI=1S/C19H25N3O/c1-12-5-4-6-14-11-16(21-17(12)14)19(23)22-18(13-8-9-13)15-7-2-3-10-20-15/h4-6,10,13,15-16,18,21H,2-3,7-9,11H2,1H3,(H,22,23). The molecule has 0 radical (unpaired) electrons. The van der Waals surface area contributed by atoms with E-state index in [2.05, 4.69) is 40.7 Å². The van der Waals surface area contributed by atoms with Crippen molar-refractivity contribution in [1.29, 1.82) is 0 Å². The molecule has 1 saturated carbocycles. The Morgan fingerprint density at radius 1 is 1.35 bits per heavy atom. The summed E-state index contributed by atoms with van der Waals surface area (Å²) in [6.45, 7) is 2.09. The molecule has 2 aliphatic heterocycles. The van der Waals surface area contributed by atoms with E-state index in [4.69, 9.17) is 0 Å². The van der Waals surface area contributed by atoms with Gasteiger partial charge in [-0.2, -0.15) is 0 Å². The molecule has 1 aliphatic carbocycles. The molecule has 2 heterocycles. The number of anilines is 1. The zero-order valence-corrected chi connectivity index (χ0v) is 13.7. The molecule has 4 rings (SSSR count). The smallest absolute Gasteiger partial charge is 0.243 e. The molecule has 122 valence electrons. The summed E-state index contributed by atoms with van der Waals surface area (Å²) in [5, 5.41) is 6.75. The molecule has 0 aromatic heterocycles. The fourth-order valence-electron chi connectivity index (χ4n) is 3.93. The number of aliphatic imine (C=N–C) groups is 1. The number of nitrogens with one attached hydrogen (secondary N) is 2. The third kappa shape index (κ3) is 2.99. The van der Waals surface area contributed by atoms with Crippen LogP contribution < -0.4 is 10.6 Å². The van der Waals surface area contributed by atoms with E-state index >= 15 is 0 Å². The lowest BCUT2D eigenvalue weighted by Crippen LogP contribution is -2.49. The molecule has 2 N–H and O–H groups in total. The van der Waals surface area contributed by atoms with Crippen LogP contribution in [-0.2, 0) is 11.2 Å². The quantitative estimate of drug-likeness (QED) is 0.898. The van der Waals surface area contributed by atoms with Crippen molar-refractivity contribution >= 4 is 17.8 Å². The van der Waals surface area contributed by atoms with Crippen molar-refractivity contribution < 1.29 is 4.79 Å². The Labute approximate surface area is 137 Å². The van der Waals surface area contributed by atoms with Crippen LogP contribution in [0, 0.1) is 12.8 Å². The number of nitrogens with zero attached hydrogens (tertiary/aromatic N) is 1. The number of aryl methyl sites for hydroxylation is 1. The summed E-state index contributed by atoms with van der Waals surface area (Å²) >= 11 is 0. The molecule has 0 spiro atoms. The first-order valence-corrected chi connectivity index (χ1v) is 8.89. The first-order chi connectivity index (χ1) is 11.2. The van der Waals surface area contributed by atoms with Gasteiger partial charge < -0.3 is 10.6 Å². The van der Waals surface area contributed by atoms with Gasteiger partial charge >= 0.3 is 0 Å². The molecule has 1 aromatic carbocycles. The van der Waals surface area contributed by atoms with Crippen LogP contribution in [0.15, 0.2) is 23.2 Å². The minimum absolute atomic E-state index is 0.137. The number of carbonyl (C=O) groups is 1. The summed E-state index contributed by atoms with van der Waals surface area (Å²) in [5.41, 5.74) is 3.61. The largest absolute Gasteiger partial charge is 0.373 e. The van der Waals surface area contributed by atoms with Crippen LogP contribution in [0.1, 0.15) is 43.2 Å². The highest BCUT2D eigenvalue weighted by Gasteiger charge is 2.39. The SMILES string of the molecule is Cc1cccc2c1NC(C(=O)NC(C1CC1)C1CCCC=N1)C2. The molecule has 4 heteroatoms. The topological polar surface area (TPSA) is 53.5 Å². The van der Waals surface area contributed by atoms with E-state index in [9.17, 15) is 4.79 Å². The highest BCUT2D eigenvalue weighted by atomic mass is 16.2. The zero-order valence-electron chi connectivity index (χ0n) is 13.7. The molecular formula is C19H25N3O. The lowest BCUT2D eigenvalue weighted by atomic mass is 9.96. The average molecular weight is 311 g/mol. The van der Waals surface area contributed by atoms with Gasteiger partial charge in [-0.25, -0.2) is 0 Å². The average Bonchev–Trinajstić information content (AvgIpc) is 3.31. The van der Waals surface area contributed by atoms with Gasteiger partial charge in [-0.15, -0.1) is 0 Å². The van der Waals surface area contributed by atoms with Crippen molar-refractivity contribution in [3.8, 4) is 0 Å². The van der Waals surface area contributed by atoms with Crippen LogP contribution in [0.4, 0.5) is 5.69 Å². The number of amides is 1. The summed E-state index contributed by atoms with van der Waals surface area (Å²) in [5.74, 6) is 0.767. The zero-order chi connectivity index (χ0) is 15.8. The molecule has 1 fully saturated rings. The van der Waals surface area contributed by atoms with Crippen LogP contribution in [0.3, 0.4) is 0 Å². The van der Waals surface area contributed by atoms with Gasteiger partial charge in [0.1, 0.15) is 6.04 Å². The van der Waals surface area contributed by atoms with Crippen molar-refractivity contribution in [3.63, 3.8) is 0 Å². The first-order valence-electron chi connectivity index (χ1n) is 8.89. The Morgan fingerprint density at radius 2 is 2.22 bits per heavy atom. The van der Waals surface area contributed by atoms with Crippen molar-refractivity contribution in [3.05, 3.63) is 29.3 Å². The summed E-state index contributed by atoms with van der Waals surface area (Å²) < 4.78 is 0. The normalized spacial score (nSPS) is 27.2. The van der Waals surface area contributed by atoms with Crippen molar-refractivity contribution in [1.82, 2.24) is 5.32 Å². The Morgan fingerprint density at radius 3 is 2.91 bits per heavy atom. The van der Waals surface area contributed by atoms with Gasteiger partial charge in [0.2, 0.25) is 5.91 Å². The molecule has 23 heavy (non-hydrogen) atoms. The number of hydrogen-bond acceptors (Lipinski definition) is 3. The number of fused-ring (bicyclic) bond motifs is 1. The Hall–Kier alpha value is -1.84. The van der Waals surface area contributed by atoms with E-state index < -0.39 is 0 Å². The van der Waals surface area contributed by atoms with Crippen molar-refractivity contribution in [2.75, 3.05) is 5.32 Å². The molecule has 1 amide bonds. The molecule has 3 aliphatic rings. The predicted octanol–water partition coefficient (Wildman–Crippen LogP) is 2.85. The maximum absolute atomic E-state index is 12.8. The fourth-order valence-corrected chi connectivity index (χ4v) is 3.93. The molecule has 3 atom stereocenters. The van der Waals surface area contributed by atoms with Crippen LogP contribution >= 0.6 is 0 Å². The maximum Gasteiger partial charge on any atom is 0.243 e. The third-order valence-corrected chi connectivity index (χ3v) is 5.40. The van der Waals surface area contributed by atoms with E-state index in [0.29, 0.717) is 5.92 Å². The number of benzene rings is 1. The van der Waals surface area contributed by atoms with Gasteiger partial charge in [-0.1, -0.05) is 18.2 Å². The van der Waals surface area contributed by atoms with Crippen LogP contribution in [0.5, 0.6) is 0 Å². The number of rotatable bonds is 4. The second-order valence-corrected chi connectivity index (χ2v) is 7.21. The molecule has 0 saturated heterocycles. The van der Waals surface area contributed by atoms with Gasteiger partial charge in [0, 0.05) is 12.1 Å². The van der Waals surface area contributed by atoms with Crippen LogP contribution in [0.2, 0.25) is 0 Å². The fraction of sp³-hybridized carbons (Fsp3) is 0.579. The number of para-hydroxylation sites is 1. The monoisotopic (exact) mass is 311 g/mol. The minimum atomic E-state index is -0.139. The molecule has 1 aromatic rings. The first kappa shape index (κ1) is 14.7. The van der Waals surface area contributed by atoms with Crippen LogP contribution in [0.25, 0.3) is 0 Å². The predicted molar refractivity (Wildman–Crippen MR) is 93.1 cm³/mol. The summed E-state index contributed by atoms with van der Waals surface area (Å²) in [4.78, 5) is 17.4. The second kappa shape index (κ2) is 5.99. The highest BCUT2D eigenvalue weighted by molar-refractivity contribution is 5.88. The second-order valence-electron chi connectivity index (χ2n) is 7.21. The van der Waals surface area contributed by atoms with Crippen LogP contribution in [-0.4, -0.2) is 30.2 Å². The molecule has 0 bridgehead atoms. The Balaban J connectivity index is 1.44. The molecular weight excluding hydrogens is 286 g/mol. The molecule has 3 unspecified atom stereocenters. The summed E-state index contributed by atoms with van der Waals surface area (Å²) in [6.07, 6.45) is 8.68. The van der Waals surface area contributed by atoms with E-state index in [1.165, 1.54) is 30.4 Å². The van der Waals surface area contributed by atoms with E-state index in [1.54, 1.807) is 0 Å². The third-order valence-electron chi connectivity index (χ3n) is 5.40. The van der Waals surface area contributed by atoms with Crippen molar-refractivity contribution in [2.45, 2.75) is 63.6 Å². The van der Waals surface area contributed by atoms with E-state index in [1.807, 2.05) is 6.21 Å². The molecule has 4 nitrogen and oxygen atoms in total.